The Morgan fingerprint density at radius 3 is 2.70 bits per heavy atom. The number of benzene rings is 2. The van der Waals surface area contributed by atoms with Crippen LogP contribution in [0.3, 0.4) is 0 Å². The lowest BCUT2D eigenvalue weighted by Gasteiger charge is -2.08. The Morgan fingerprint density at radius 1 is 1.15 bits per heavy atom. The third kappa shape index (κ3) is 4.69. The van der Waals surface area contributed by atoms with Crippen LogP contribution in [0.15, 0.2) is 47.8 Å². The molecule has 0 radical (unpaired) electrons. The molecule has 27 heavy (non-hydrogen) atoms. The molecule has 1 heterocycles. The number of carbonyl (C=O) groups excluding carboxylic acids is 1. The van der Waals surface area contributed by atoms with Crippen LogP contribution in [0.5, 0.6) is 17.2 Å². The van der Waals surface area contributed by atoms with Gasteiger partial charge < -0.3 is 14.2 Å². The average Bonchev–Trinajstić information content (AvgIpc) is 3.15. The topological polar surface area (TPSA) is 69.7 Å². The molecule has 0 aliphatic carbocycles. The first kappa shape index (κ1) is 19.0. The molecule has 0 aliphatic rings. The van der Waals surface area contributed by atoms with Crippen molar-refractivity contribution >= 4 is 34.0 Å². The van der Waals surface area contributed by atoms with Gasteiger partial charge in [0.2, 0.25) is 0 Å². The highest BCUT2D eigenvalue weighted by atomic mass is 35.5. The fraction of sp³-hybridized carbons (Fsp3) is 0.158. The van der Waals surface area contributed by atoms with Gasteiger partial charge in [-0.1, -0.05) is 23.7 Å². The number of anilines is 1. The Bertz CT molecular complexity index is 945. The zero-order valence-electron chi connectivity index (χ0n) is 14.7. The predicted octanol–water partition coefficient (Wildman–Crippen LogP) is 4.50. The summed E-state index contributed by atoms with van der Waals surface area (Å²) >= 11 is 7.31. The largest absolute Gasteiger partial charge is 0.497 e. The molecule has 0 spiro atoms. The molecule has 3 rings (SSSR count). The van der Waals surface area contributed by atoms with Gasteiger partial charge in [0.15, 0.2) is 11.7 Å². The van der Waals surface area contributed by atoms with Crippen LogP contribution in [0.25, 0.3) is 11.3 Å². The van der Waals surface area contributed by atoms with E-state index >= 15 is 0 Å². The molecule has 0 fully saturated rings. The second-order valence-electron chi connectivity index (χ2n) is 5.37. The molecule has 0 bridgehead atoms. The number of hydrogen-bond donors (Lipinski definition) is 1. The van der Waals surface area contributed by atoms with Gasteiger partial charge in [0.25, 0.3) is 5.91 Å². The monoisotopic (exact) mass is 404 g/mol. The van der Waals surface area contributed by atoms with Crippen LogP contribution in [0, 0.1) is 0 Å². The number of halogens is 1. The fourth-order valence-electron chi connectivity index (χ4n) is 2.33. The third-order valence-corrected chi connectivity index (χ3v) is 4.70. The van der Waals surface area contributed by atoms with Crippen molar-refractivity contribution in [3.05, 3.63) is 52.9 Å². The van der Waals surface area contributed by atoms with Gasteiger partial charge in [-0.05, 0) is 30.3 Å². The predicted molar refractivity (Wildman–Crippen MR) is 106 cm³/mol. The number of nitrogens with zero attached hydrogens (tertiary/aromatic N) is 1. The molecule has 140 valence electrons. The summed E-state index contributed by atoms with van der Waals surface area (Å²) in [5, 5.41) is 5.46. The Labute approximate surface area is 165 Å². The Hall–Kier alpha value is -2.77. The smallest absolute Gasteiger partial charge is 0.264 e. The molecular weight excluding hydrogens is 388 g/mol. The van der Waals surface area contributed by atoms with Crippen LogP contribution in [-0.2, 0) is 4.79 Å². The van der Waals surface area contributed by atoms with E-state index in [1.807, 2.05) is 23.6 Å². The number of rotatable bonds is 7. The minimum absolute atomic E-state index is 0.166. The highest BCUT2D eigenvalue weighted by Crippen LogP contribution is 2.35. The fourth-order valence-corrected chi connectivity index (χ4v) is 3.25. The number of amides is 1. The molecule has 1 aromatic heterocycles. The number of nitrogens with one attached hydrogen (secondary N) is 1. The maximum Gasteiger partial charge on any atom is 0.264 e. The van der Waals surface area contributed by atoms with Crippen LogP contribution in [-0.4, -0.2) is 31.7 Å². The van der Waals surface area contributed by atoms with E-state index < -0.39 is 0 Å². The van der Waals surface area contributed by atoms with E-state index in [4.69, 9.17) is 25.8 Å². The van der Waals surface area contributed by atoms with E-state index in [-0.39, 0.29) is 12.5 Å². The SMILES string of the molecule is COc1ccc(OC)c(-c2csc(NC(=O)COc3ccccc3Cl)n2)c1. The van der Waals surface area contributed by atoms with Gasteiger partial charge in [-0.3, -0.25) is 10.1 Å². The Morgan fingerprint density at radius 2 is 1.96 bits per heavy atom. The van der Waals surface area contributed by atoms with Gasteiger partial charge in [0.05, 0.1) is 24.9 Å². The van der Waals surface area contributed by atoms with E-state index in [1.165, 1.54) is 11.3 Å². The molecule has 1 amide bonds. The second-order valence-corrected chi connectivity index (χ2v) is 6.64. The Kier molecular flexibility index (Phi) is 6.16. The first-order valence-electron chi connectivity index (χ1n) is 7.96. The van der Waals surface area contributed by atoms with Crippen LogP contribution in [0.4, 0.5) is 5.13 Å². The van der Waals surface area contributed by atoms with Crippen molar-refractivity contribution in [1.29, 1.82) is 0 Å². The summed E-state index contributed by atoms with van der Waals surface area (Å²) in [7, 11) is 3.18. The number of ether oxygens (including phenoxy) is 3. The summed E-state index contributed by atoms with van der Waals surface area (Å²) in [6.07, 6.45) is 0. The van der Waals surface area contributed by atoms with Crippen molar-refractivity contribution < 1.29 is 19.0 Å². The molecule has 3 aromatic rings. The van der Waals surface area contributed by atoms with Gasteiger partial charge >= 0.3 is 0 Å². The summed E-state index contributed by atoms with van der Waals surface area (Å²) in [5.41, 5.74) is 1.46. The molecule has 0 unspecified atom stereocenters. The number of methoxy groups -OCH3 is 2. The van der Waals surface area contributed by atoms with E-state index in [1.54, 1.807) is 38.5 Å². The number of para-hydroxylation sites is 1. The highest BCUT2D eigenvalue weighted by molar-refractivity contribution is 7.14. The average molecular weight is 405 g/mol. The zero-order chi connectivity index (χ0) is 19.2. The first-order valence-corrected chi connectivity index (χ1v) is 9.21. The quantitative estimate of drug-likeness (QED) is 0.628. The van der Waals surface area contributed by atoms with Gasteiger partial charge in [0, 0.05) is 10.9 Å². The molecular formula is C19H17ClN2O4S. The maximum atomic E-state index is 12.1. The summed E-state index contributed by atoms with van der Waals surface area (Å²) in [5.74, 6) is 1.49. The lowest BCUT2D eigenvalue weighted by atomic mass is 10.1. The van der Waals surface area contributed by atoms with Crippen LogP contribution in [0.1, 0.15) is 0 Å². The van der Waals surface area contributed by atoms with Gasteiger partial charge in [-0.2, -0.15) is 0 Å². The summed E-state index contributed by atoms with van der Waals surface area (Å²) in [4.78, 5) is 16.6. The van der Waals surface area contributed by atoms with Crippen molar-refractivity contribution in [2.75, 3.05) is 26.1 Å². The molecule has 0 saturated carbocycles. The number of hydrogen-bond acceptors (Lipinski definition) is 6. The molecule has 0 aliphatic heterocycles. The van der Waals surface area contributed by atoms with Gasteiger partial charge in [-0.15, -0.1) is 11.3 Å². The zero-order valence-corrected chi connectivity index (χ0v) is 16.3. The summed E-state index contributed by atoms with van der Waals surface area (Å²) < 4.78 is 16.1. The van der Waals surface area contributed by atoms with Crippen LogP contribution in [0.2, 0.25) is 5.02 Å². The van der Waals surface area contributed by atoms with Crippen molar-refractivity contribution in [2.24, 2.45) is 0 Å². The normalized spacial score (nSPS) is 10.3. The van der Waals surface area contributed by atoms with E-state index in [0.717, 1.165) is 5.56 Å². The molecule has 8 heteroatoms. The van der Waals surface area contributed by atoms with E-state index in [0.29, 0.717) is 33.1 Å². The molecule has 6 nitrogen and oxygen atoms in total. The lowest BCUT2D eigenvalue weighted by molar-refractivity contribution is -0.118. The lowest BCUT2D eigenvalue weighted by Crippen LogP contribution is -2.20. The van der Waals surface area contributed by atoms with Crippen molar-refractivity contribution in [3.63, 3.8) is 0 Å². The van der Waals surface area contributed by atoms with Crippen LogP contribution >= 0.6 is 22.9 Å². The van der Waals surface area contributed by atoms with Crippen molar-refractivity contribution in [3.8, 4) is 28.5 Å². The first-order chi connectivity index (χ1) is 13.1. The van der Waals surface area contributed by atoms with E-state index in [2.05, 4.69) is 10.3 Å². The van der Waals surface area contributed by atoms with E-state index in [9.17, 15) is 4.79 Å². The molecule has 2 aromatic carbocycles. The maximum absolute atomic E-state index is 12.1. The molecule has 0 saturated heterocycles. The molecule has 1 N–H and O–H groups in total. The number of aromatic nitrogens is 1. The Balaban J connectivity index is 1.67. The minimum Gasteiger partial charge on any atom is -0.497 e. The second kappa shape index (κ2) is 8.75. The highest BCUT2D eigenvalue weighted by Gasteiger charge is 2.13. The van der Waals surface area contributed by atoms with Crippen molar-refractivity contribution in [1.82, 2.24) is 4.98 Å². The van der Waals surface area contributed by atoms with Gasteiger partial charge in [0.1, 0.15) is 17.2 Å². The number of carbonyl (C=O) groups is 1. The van der Waals surface area contributed by atoms with Crippen molar-refractivity contribution in [2.45, 2.75) is 0 Å². The third-order valence-electron chi connectivity index (χ3n) is 3.63. The number of thiazole rings is 1. The summed E-state index contributed by atoms with van der Waals surface area (Å²) in [6.45, 7) is -0.166. The standard InChI is InChI=1S/C19H17ClN2O4S/c1-24-12-7-8-16(25-2)13(9-12)15-11-27-19(21-15)22-18(23)10-26-17-6-4-3-5-14(17)20/h3-9,11H,10H2,1-2H3,(H,21,22,23). The van der Waals surface area contributed by atoms with Gasteiger partial charge in [-0.25, -0.2) is 4.98 Å². The van der Waals surface area contributed by atoms with Crippen LogP contribution < -0.4 is 19.5 Å². The molecule has 0 atom stereocenters. The summed E-state index contributed by atoms with van der Waals surface area (Å²) in [6, 6.07) is 12.4. The minimum atomic E-state index is -0.326.